The molecular weight excluding hydrogens is 226 g/mol. The monoisotopic (exact) mass is 234 g/mol. The maximum atomic E-state index is 13.1. The van der Waals surface area contributed by atoms with Crippen LogP contribution in [0.5, 0.6) is 0 Å². The summed E-state index contributed by atoms with van der Waals surface area (Å²) in [5, 5.41) is 0. The van der Waals surface area contributed by atoms with E-state index in [1.54, 1.807) is 0 Å². The van der Waals surface area contributed by atoms with Crippen molar-refractivity contribution in [2.24, 2.45) is 0 Å². The summed E-state index contributed by atoms with van der Waals surface area (Å²) in [7, 11) is 0. The molecule has 0 saturated heterocycles. The Hall–Kier alpha value is -0.540. The van der Waals surface area contributed by atoms with Gasteiger partial charge >= 0.3 is 0 Å². The first kappa shape index (κ1) is 11.5. The molecule has 0 bridgehead atoms. The fraction of sp³-hybridized carbons (Fsp3) is 0.200. The van der Waals surface area contributed by atoms with Crippen molar-refractivity contribution in [1.29, 1.82) is 0 Å². The van der Waals surface area contributed by atoms with Gasteiger partial charge in [0.25, 0.3) is 0 Å². The topological polar surface area (TPSA) is 0 Å². The van der Waals surface area contributed by atoms with Gasteiger partial charge in [0.2, 0.25) is 0 Å². The van der Waals surface area contributed by atoms with Gasteiger partial charge in [-0.3, -0.25) is 0 Å². The van der Waals surface area contributed by atoms with Gasteiger partial charge < -0.3 is 0 Å². The van der Waals surface area contributed by atoms with Gasteiger partial charge in [-0.05, 0) is 18.2 Å². The minimum Gasteiger partial charge on any atom is -0.207 e. The first-order valence-electron chi connectivity index (χ1n) is 3.94. The van der Waals surface area contributed by atoms with Crippen LogP contribution in [0.15, 0.2) is 35.2 Å². The molecule has 1 aromatic carbocycles. The van der Waals surface area contributed by atoms with Gasteiger partial charge in [-0.25, -0.2) is 8.78 Å². The molecule has 0 aliphatic rings. The minimum atomic E-state index is -0.439. The molecule has 0 fully saturated rings. The number of rotatable bonds is 4. The van der Waals surface area contributed by atoms with E-state index in [1.807, 2.05) is 0 Å². The van der Waals surface area contributed by atoms with E-state index in [0.717, 1.165) is 17.7 Å². The van der Waals surface area contributed by atoms with Crippen LogP contribution in [0.25, 0.3) is 0 Å². The van der Waals surface area contributed by atoms with E-state index in [2.05, 4.69) is 6.58 Å². The van der Waals surface area contributed by atoms with Gasteiger partial charge in [0.15, 0.2) is 0 Å². The maximum absolute atomic E-state index is 13.1. The van der Waals surface area contributed by atoms with E-state index in [4.69, 9.17) is 11.6 Å². The molecule has 0 radical (unpaired) electrons. The molecule has 0 aliphatic carbocycles. The molecule has 0 nitrogen and oxygen atoms in total. The van der Waals surface area contributed by atoms with Crippen LogP contribution < -0.4 is 0 Å². The number of hydrogen-bond acceptors (Lipinski definition) is 1. The molecule has 0 atom stereocenters. The Labute approximate surface area is 91.0 Å². The van der Waals surface area contributed by atoms with Crippen molar-refractivity contribution < 1.29 is 8.78 Å². The van der Waals surface area contributed by atoms with Crippen LogP contribution in [0, 0.1) is 11.6 Å². The van der Waals surface area contributed by atoms with Gasteiger partial charge in [-0.2, -0.15) is 0 Å². The zero-order chi connectivity index (χ0) is 10.6. The smallest absolute Gasteiger partial charge is 0.136 e. The lowest BCUT2D eigenvalue weighted by atomic mass is 10.3. The summed E-state index contributed by atoms with van der Waals surface area (Å²) in [6.07, 6.45) is 0. The molecule has 14 heavy (non-hydrogen) atoms. The molecule has 1 aromatic rings. The standard InChI is InChI=1S/C10H9ClF2S/c1-7(5-11)6-14-10-4-8(12)2-3-9(10)13/h2-4H,1,5-6H2. The SMILES string of the molecule is C=C(CCl)CSc1cc(F)ccc1F. The highest BCUT2D eigenvalue weighted by Crippen LogP contribution is 2.24. The molecule has 0 aromatic heterocycles. The number of halogens is 3. The van der Waals surface area contributed by atoms with Crippen molar-refractivity contribution >= 4 is 23.4 Å². The molecule has 4 heteroatoms. The summed E-state index contributed by atoms with van der Waals surface area (Å²) in [4.78, 5) is 0.288. The van der Waals surface area contributed by atoms with E-state index >= 15 is 0 Å². The molecule has 0 unspecified atom stereocenters. The predicted octanol–water partition coefficient (Wildman–Crippen LogP) is 3.85. The first-order chi connectivity index (χ1) is 6.63. The zero-order valence-electron chi connectivity index (χ0n) is 7.40. The quantitative estimate of drug-likeness (QED) is 0.433. The number of thioether (sulfide) groups is 1. The third-order valence-electron chi connectivity index (χ3n) is 1.51. The molecule has 0 N–H and O–H groups in total. The second kappa shape index (κ2) is 5.37. The van der Waals surface area contributed by atoms with Crippen LogP contribution in [0.3, 0.4) is 0 Å². The zero-order valence-corrected chi connectivity index (χ0v) is 8.97. The van der Waals surface area contributed by atoms with E-state index in [-0.39, 0.29) is 4.90 Å². The van der Waals surface area contributed by atoms with E-state index in [0.29, 0.717) is 11.6 Å². The highest BCUT2D eigenvalue weighted by molar-refractivity contribution is 7.99. The van der Waals surface area contributed by atoms with Gasteiger partial charge in [-0.15, -0.1) is 23.4 Å². The summed E-state index contributed by atoms with van der Waals surface area (Å²) in [5.41, 5.74) is 0.792. The second-order valence-electron chi connectivity index (χ2n) is 2.75. The summed E-state index contributed by atoms with van der Waals surface area (Å²) < 4.78 is 25.8. The van der Waals surface area contributed by atoms with Crippen molar-refractivity contribution in [2.75, 3.05) is 11.6 Å². The molecule has 1 rings (SSSR count). The fourth-order valence-electron chi connectivity index (χ4n) is 0.806. The van der Waals surface area contributed by atoms with Gasteiger partial charge in [-0.1, -0.05) is 12.2 Å². The van der Waals surface area contributed by atoms with Crippen molar-refractivity contribution in [1.82, 2.24) is 0 Å². The van der Waals surface area contributed by atoms with Crippen LogP contribution in [0.4, 0.5) is 8.78 Å². The van der Waals surface area contributed by atoms with Gasteiger partial charge in [0.1, 0.15) is 11.6 Å². The Balaban J connectivity index is 2.66. The molecular formula is C10H9ClF2S. The molecule has 0 spiro atoms. The number of alkyl halides is 1. The van der Waals surface area contributed by atoms with Gasteiger partial charge in [0.05, 0.1) is 0 Å². The normalized spacial score (nSPS) is 10.2. The number of hydrogen-bond donors (Lipinski definition) is 0. The Morgan fingerprint density at radius 1 is 1.43 bits per heavy atom. The predicted molar refractivity (Wildman–Crippen MR) is 56.9 cm³/mol. The summed E-state index contributed by atoms with van der Waals surface area (Å²) >= 11 is 6.70. The Morgan fingerprint density at radius 3 is 2.79 bits per heavy atom. The second-order valence-corrected chi connectivity index (χ2v) is 4.03. The minimum absolute atomic E-state index is 0.288. The molecule has 0 heterocycles. The van der Waals surface area contributed by atoms with Crippen molar-refractivity contribution in [3.8, 4) is 0 Å². The number of benzene rings is 1. The van der Waals surface area contributed by atoms with E-state index in [9.17, 15) is 8.78 Å². The van der Waals surface area contributed by atoms with Crippen LogP contribution in [-0.2, 0) is 0 Å². The summed E-state index contributed by atoms with van der Waals surface area (Å²) in [6, 6.07) is 3.37. The average Bonchev–Trinajstić information content (AvgIpc) is 2.19. The van der Waals surface area contributed by atoms with Crippen LogP contribution in [0.2, 0.25) is 0 Å². The lowest BCUT2D eigenvalue weighted by Gasteiger charge is -2.03. The Kier molecular flexibility index (Phi) is 4.42. The largest absolute Gasteiger partial charge is 0.207 e. The first-order valence-corrected chi connectivity index (χ1v) is 5.46. The Bertz CT molecular complexity index is 339. The van der Waals surface area contributed by atoms with Gasteiger partial charge in [0, 0.05) is 16.5 Å². The van der Waals surface area contributed by atoms with Crippen molar-refractivity contribution in [3.05, 3.63) is 42.0 Å². The van der Waals surface area contributed by atoms with Crippen LogP contribution in [0.1, 0.15) is 0 Å². The Morgan fingerprint density at radius 2 is 2.14 bits per heavy atom. The highest BCUT2D eigenvalue weighted by Gasteiger charge is 2.04. The molecule has 76 valence electrons. The molecule has 0 amide bonds. The lowest BCUT2D eigenvalue weighted by Crippen LogP contribution is -1.89. The molecule has 0 aliphatic heterocycles. The lowest BCUT2D eigenvalue weighted by molar-refractivity contribution is 0.577. The maximum Gasteiger partial charge on any atom is 0.136 e. The summed E-state index contributed by atoms with van der Waals surface area (Å²) in [5.74, 6) is -0.0162. The van der Waals surface area contributed by atoms with Crippen LogP contribution >= 0.6 is 23.4 Å². The third-order valence-corrected chi connectivity index (χ3v) is 3.07. The van der Waals surface area contributed by atoms with E-state index < -0.39 is 11.6 Å². The third kappa shape index (κ3) is 3.31. The summed E-state index contributed by atoms with van der Waals surface area (Å²) in [6.45, 7) is 3.67. The average molecular weight is 235 g/mol. The molecule has 0 saturated carbocycles. The van der Waals surface area contributed by atoms with Crippen LogP contribution in [-0.4, -0.2) is 11.6 Å². The van der Waals surface area contributed by atoms with E-state index in [1.165, 1.54) is 17.8 Å². The highest BCUT2D eigenvalue weighted by atomic mass is 35.5. The van der Waals surface area contributed by atoms with Crippen molar-refractivity contribution in [2.45, 2.75) is 4.90 Å². The fourth-order valence-corrected chi connectivity index (χ4v) is 1.88. The van der Waals surface area contributed by atoms with Crippen molar-refractivity contribution in [3.63, 3.8) is 0 Å².